The van der Waals surface area contributed by atoms with Crippen molar-refractivity contribution in [2.24, 2.45) is 0 Å². The van der Waals surface area contributed by atoms with E-state index in [1.165, 1.54) is 0 Å². The number of nitrogens with zero attached hydrogens (tertiary/aromatic N) is 1. The molecular formula is C18H21BrN2O3. The van der Waals surface area contributed by atoms with Crippen molar-refractivity contribution in [2.45, 2.75) is 6.92 Å². The van der Waals surface area contributed by atoms with E-state index in [9.17, 15) is 4.79 Å². The van der Waals surface area contributed by atoms with Crippen molar-refractivity contribution >= 4 is 27.6 Å². The quantitative estimate of drug-likeness (QED) is 0.796. The average Bonchev–Trinajstić information content (AvgIpc) is 2.57. The molecule has 0 aliphatic rings. The molecule has 2 aromatic rings. The average molecular weight is 393 g/mol. The molecule has 0 aromatic heterocycles. The molecular weight excluding hydrogens is 372 g/mol. The summed E-state index contributed by atoms with van der Waals surface area (Å²) in [6, 6.07) is 13.1. The number of urea groups is 1. The van der Waals surface area contributed by atoms with Crippen molar-refractivity contribution in [1.82, 2.24) is 4.90 Å². The lowest BCUT2D eigenvalue weighted by atomic mass is 10.2. The summed E-state index contributed by atoms with van der Waals surface area (Å²) >= 11 is 3.42. The van der Waals surface area contributed by atoms with Crippen LogP contribution in [0.5, 0.6) is 11.5 Å². The number of aryl methyl sites for hydroxylation is 1. The Bertz CT molecular complexity index is 692. The maximum Gasteiger partial charge on any atom is 0.321 e. The molecule has 0 saturated carbocycles. The SMILES string of the molecule is COc1cc(Br)cc(C)c1NC(=O)N(C)CCOc1ccccc1. The first-order valence-corrected chi connectivity index (χ1v) is 8.34. The van der Waals surface area contributed by atoms with E-state index in [4.69, 9.17) is 9.47 Å². The molecule has 24 heavy (non-hydrogen) atoms. The summed E-state index contributed by atoms with van der Waals surface area (Å²) in [5.74, 6) is 1.40. The summed E-state index contributed by atoms with van der Waals surface area (Å²) in [5, 5.41) is 2.89. The molecule has 0 spiro atoms. The minimum atomic E-state index is -0.213. The maximum absolute atomic E-state index is 12.4. The van der Waals surface area contributed by atoms with Crippen molar-refractivity contribution in [3.8, 4) is 11.5 Å². The zero-order chi connectivity index (χ0) is 17.5. The topological polar surface area (TPSA) is 50.8 Å². The molecule has 2 amide bonds. The Hall–Kier alpha value is -2.21. The highest BCUT2D eigenvalue weighted by atomic mass is 79.9. The van der Waals surface area contributed by atoms with Crippen molar-refractivity contribution in [3.05, 3.63) is 52.5 Å². The van der Waals surface area contributed by atoms with E-state index in [-0.39, 0.29) is 6.03 Å². The second kappa shape index (κ2) is 8.59. The van der Waals surface area contributed by atoms with Gasteiger partial charge in [0.1, 0.15) is 18.1 Å². The second-order valence-corrected chi connectivity index (χ2v) is 6.23. The molecule has 5 nitrogen and oxygen atoms in total. The van der Waals surface area contributed by atoms with Crippen LogP contribution in [0.4, 0.5) is 10.5 Å². The van der Waals surface area contributed by atoms with Gasteiger partial charge in [0.2, 0.25) is 0 Å². The zero-order valence-electron chi connectivity index (χ0n) is 14.0. The first-order valence-electron chi connectivity index (χ1n) is 7.55. The number of rotatable bonds is 6. The summed E-state index contributed by atoms with van der Waals surface area (Å²) in [5.41, 5.74) is 1.59. The lowest BCUT2D eigenvalue weighted by Gasteiger charge is -2.20. The van der Waals surface area contributed by atoms with E-state index in [0.717, 1.165) is 15.8 Å². The van der Waals surface area contributed by atoms with E-state index in [0.29, 0.717) is 24.6 Å². The minimum absolute atomic E-state index is 0.213. The van der Waals surface area contributed by atoms with Gasteiger partial charge in [-0.3, -0.25) is 0 Å². The van der Waals surface area contributed by atoms with Crippen molar-refractivity contribution in [3.63, 3.8) is 0 Å². The molecule has 1 N–H and O–H groups in total. The zero-order valence-corrected chi connectivity index (χ0v) is 15.6. The normalized spacial score (nSPS) is 10.2. The summed E-state index contributed by atoms with van der Waals surface area (Å²) in [4.78, 5) is 13.9. The predicted molar refractivity (Wildman–Crippen MR) is 99.0 cm³/mol. The van der Waals surface area contributed by atoms with Crippen molar-refractivity contribution in [1.29, 1.82) is 0 Å². The molecule has 0 atom stereocenters. The van der Waals surface area contributed by atoms with Gasteiger partial charge < -0.3 is 19.7 Å². The highest BCUT2D eigenvalue weighted by Gasteiger charge is 2.14. The van der Waals surface area contributed by atoms with Gasteiger partial charge in [0.25, 0.3) is 0 Å². The number of para-hydroxylation sites is 1. The molecule has 2 aromatic carbocycles. The van der Waals surface area contributed by atoms with Gasteiger partial charge in [0, 0.05) is 11.5 Å². The van der Waals surface area contributed by atoms with Gasteiger partial charge in [0.15, 0.2) is 0 Å². The molecule has 0 unspecified atom stereocenters. The fourth-order valence-electron chi connectivity index (χ4n) is 2.15. The van der Waals surface area contributed by atoms with Crippen LogP contribution in [-0.2, 0) is 0 Å². The number of anilines is 1. The van der Waals surface area contributed by atoms with Crippen LogP contribution in [0.1, 0.15) is 5.56 Å². The Morgan fingerprint density at radius 1 is 1.25 bits per heavy atom. The van der Waals surface area contributed by atoms with Gasteiger partial charge in [-0.15, -0.1) is 0 Å². The predicted octanol–water partition coefficient (Wildman–Crippen LogP) is 4.31. The first-order chi connectivity index (χ1) is 11.5. The van der Waals surface area contributed by atoms with Gasteiger partial charge in [-0.25, -0.2) is 4.79 Å². The third-order valence-electron chi connectivity index (χ3n) is 3.50. The maximum atomic E-state index is 12.4. The van der Waals surface area contributed by atoms with Crippen LogP contribution in [0.3, 0.4) is 0 Å². The van der Waals surface area contributed by atoms with Gasteiger partial charge in [-0.05, 0) is 36.8 Å². The van der Waals surface area contributed by atoms with Gasteiger partial charge in [-0.1, -0.05) is 34.1 Å². The van der Waals surface area contributed by atoms with E-state index >= 15 is 0 Å². The standard InChI is InChI=1S/C18H21BrN2O3/c1-13-11-14(19)12-16(23-3)17(13)20-18(22)21(2)9-10-24-15-7-5-4-6-8-15/h4-8,11-12H,9-10H2,1-3H3,(H,20,22). The first kappa shape index (κ1) is 18.1. The van der Waals surface area contributed by atoms with Gasteiger partial charge >= 0.3 is 6.03 Å². The largest absolute Gasteiger partial charge is 0.495 e. The highest BCUT2D eigenvalue weighted by Crippen LogP contribution is 2.32. The molecule has 2 rings (SSSR count). The molecule has 6 heteroatoms. The molecule has 0 fully saturated rings. The molecule has 0 heterocycles. The Morgan fingerprint density at radius 3 is 2.62 bits per heavy atom. The van der Waals surface area contributed by atoms with Crippen LogP contribution in [0, 0.1) is 6.92 Å². The van der Waals surface area contributed by atoms with Crippen molar-refractivity contribution in [2.75, 3.05) is 32.6 Å². The van der Waals surface area contributed by atoms with Gasteiger partial charge in [-0.2, -0.15) is 0 Å². The Balaban J connectivity index is 1.92. The highest BCUT2D eigenvalue weighted by molar-refractivity contribution is 9.10. The van der Waals surface area contributed by atoms with E-state index in [1.807, 2.05) is 49.4 Å². The number of methoxy groups -OCH3 is 1. The molecule has 0 radical (unpaired) electrons. The lowest BCUT2D eigenvalue weighted by molar-refractivity contribution is 0.207. The Kier molecular flexibility index (Phi) is 6.49. The number of hydrogen-bond donors (Lipinski definition) is 1. The summed E-state index contributed by atoms with van der Waals surface area (Å²) in [7, 11) is 3.30. The number of hydrogen-bond acceptors (Lipinski definition) is 3. The van der Waals surface area contributed by atoms with Gasteiger partial charge in [0.05, 0.1) is 19.3 Å². The molecule has 0 saturated heterocycles. The molecule has 0 aliphatic carbocycles. The molecule has 0 aliphatic heterocycles. The van der Waals surface area contributed by atoms with Crippen molar-refractivity contribution < 1.29 is 14.3 Å². The monoisotopic (exact) mass is 392 g/mol. The summed E-state index contributed by atoms with van der Waals surface area (Å²) in [6.45, 7) is 2.81. The Labute approximate surface area is 150 Å². The third kappa shape index (κ3) is 4.89. The minimum Gasteiger partial charge on any atom is -0.495 e. The van der Waals surface area contributed by atoms with E-state index < -0.39 is 0 Å². The molecule has 0 bridgehead atoms. The van der Waals surface area contributed by atoms with E-state index in [2.05, 4.69) is 21.2 Å². The summed E-state index contributed by atoms with van der Waals surface area (Å²) in [6.07, 6.45) is 0. The third-order valence-corrected chi connectivity index (χ3v) is 3.96. The molecule has 128 valence electrons. The number of nitrogens with one attached hydrogen (secondary N) is 1. The smallest absolute Gasteiger partial charge is 0.321 e. The van der Waals surface area contributed by atoms with Crippen LogP contribution in [0.25, 0.3) is 0 Å². The number of amides is 2. The number of likely N-dealkylation sites (N-methyl/N-ethyl adjacent to an activating group) is 1. The number of carbonyl (C=O) groups excluding carboxylic acids is 1. The number of benzene rings is 2. The van der Waals surface area contributed by atoms with E-state index in [1.54, 1.807) is 19.1 Å². The fourth-order valence-corrected chi connectivity index (χ4v) is 2.71. The van der Waals surface area contributed by atoms with Crippen LogP contribution < -0.4 is 14.8 Å². The van der Waals surface area contributed by atoms with Crippen LogP contribution in [0.2, 0.25) is 0 Å². The Morgan fingerprint density at radius 2 is 1.96 bits per heavy atom. The number of halogens is 1. The van der Waals surface area contributed by atoms with Crippen LogP contribution in [0.15, 0.2) is 46.9 Å². The van der Waals surface area contributed by atoms with Crippen LogP contribution in [-0.4, -0.2) is 38.2 Å². The fraction of sp³-hybridized carbons (Fsp3) is 0.278. The van der Waals surface area contributed by atoms with Crippen LogP contribution >= 0.6 is 15.9 Å². The summed E-state index contributed by atoms with van der Waals surface area (Å²) < 4.78 is 11.8. The second-order valence-electron chi connectivity index (χ2n) is 5.31. The number of carbonyl (C=O) groups is 1. The number of ether oxygens (including phenoxy) is 2. The lowest BCUT2D eigenvalue weighted by Crippen LogP contribution is -2.34.